The van der Waals surface area contributed by atoms with Gasteiger partial charge in [0.05, 0.1) is 54.7 Å². The van der Waals surface area contributed by atoms with E-state index in [4.69, 9.17) is 0 Å². The van der Waals surface area contributed by atoms with Crippen LogP contribution >= 0.6 is 0 Å². The maximum atomic E-state index is 15.1. The molecule has 120 heavy (non-hydrogen) atoms. The average Bonchev–Trinajstić information content (AvgIpc) is 0.770. The molecule has 0 atom stereocenters. The fraction of sp³-hybridized carbons (Fsp3) is 0.330. The molecule has 5 nitrogen and oxygen atoms in total. The van der Waals surface area contributed by atoms with E-state index in [9.17, 15) is 8.78 Å². The minimum absolute atomic E-state index is 0. The summed E-state index contributed by atoms with van der Waals surface area (Å²) in [6.07, 6.45) is 10.5. The maximum absolute atomic E-state index is 15.1. The molecule has 0 saturated heterocycles. The lowest BCUT2D eigenvalue weighted by atomic mass is 9.86. The molecule has 0 bridgehead atoms. The van der Waals surface area contributed by atoms with Crippen LogP contribution in [-0.2, 0) is 35.2 Å². The van der Waals surface area contributed by atoms with Gasteiger partial charge in [0.2, 0.25) is 28.5 Å². The fourth-order valence-electron chi connectivity index (χ4n) is 17.3. The Hall–Kier alpha value is -11.0. The largest absolute Gasteiger partial charge is 0.223 e. The first-order valence-corrected chi connectivity index (χ1v) is 42.7. The second kappa shape index (κ2) is 37.4. The number of hydrogen-bond donors (Lipinski definition) is 0. The molecule has 5 aromatic heterocycles. The van der Waals surface area contributed by atoms with Crippen LogP contribution < -0.4 is 22.8 Å². The minimum Gasteiger partial charge on any atom is -0.206 e. The van der Waals surface area contributed by atoms with Crippen LogP contribution in [-0.4, -0.2) is 0 Å². The first-order valence-electron chi connectivity index (χ1n) is 42.7. The van der Waals surface area contributed by atoms with Crippen molar-refractivity contribution < 1.29 is 36.0 Å². The Labute approximate surface area is 717 Å². The smallest absolute Gasteiger partial charge is 0.206 e. The normalized spacial score (nSPS) is 11.4. The SMILES string of the molecule is C.Cc1cc(-c2c3cc(C(C)C)ccc3cc[n+]2C)c(C)c(C)c1F.Cc1cc(C)c(C)c(-c2c3cc(C(C)C)c(C(C)C)cc3cc[n+]2C)c1.Cc1cc(C)c(C)c(-c2c3ccc(C(C)C)cc3cc[n+]2C)c1.Cc1cc(C)c(F)c(-c2c3cc(C(C)C)ccc3cc[n+]2C)c1C.Cc1ccc2cc[n+](C)c(-c3c(C)c(C)cc(C)c3F)c2c1. The van der Waals surface area contributed by atoms with Crippen LogP contribution in [0.15, 0.2) is 189 Å². The molecule has 15 aromatic rings. The lowest BCUT2D eigenvalue weighted by Crippen LogP contribution is -2.31. The lowest BCUT2D eigenvalue weighted by Gasteiger charge is -2.18. The van der Waals surface area contributed by atoms with Gasteiger partial charge in [-0.25, -0.2) is 36.0 Å². The Bertz CT molecular complexity index is 6390. The number of hydrogen-bond acceptors (Lipinski definition) is 0. The maximum Gasteiger partial charge on any atom is 0.223 e. The molecular weight excluding hydrogens is 1470 g/mol. The van der Waals surface area contributed by atoms with Gasteiger partial charge >= 0.3 is 0 Å². The van der Waals surface area contributed by atoms with Crippen molar-refractivity contribution in [3.63, 3.8) is 0 Å². The standard InChI is InChI=1S/C25H32N.2C22H25FN.C22H26N.C20H21FN.CH4/c1-15(2)21-13-20-9-10-26(8)25(24(20)14-22(21)16(3)4)23-12-17(5)11-18(6)19(23)7;1-13(2)18-8-7-17-9-10-24(6)22(20(17)12-18)19-11-14(3)21(23)16(5)15(19)4;1-13(2)18-8-7-17-9-10-24(6)22(19(17)12-18)20-16(5)14(3)11-15(4)21(20)23;1-14(2)18-7-8-20-19(13-18)9-10-23(6)22(20)21-12-15(3)11-16(4)17(21)5;1-12-6-7-16-8-9-22(5)20(17(16)10-12)18-15(4)13(2)11-14(3)19(18)21;/h9-16H,1-8H3;2*7-13H,1-6H3;7-14H,1-6H3;6-11H,1-5H3;1H4/q5*+1;. The van der Waals surface area contributed by atoms with Gasteiger partial charge in [0.1, 0.15) is 52.7 Å². The van der Waals surface area contributed by atoms with Crippen LogP contribution in [0.3, 0.4) is 0 Å². The molecule has 0 amide bonds. The van der Waals surface area contributed by atoms with Crippen molar-refractivity contribution in [1.82, 2.24) is 0 Å². The van der Waals surface area contributed by atoms with Crippen LogP contribution in [0.2, 0.25) is 0 Å². The zero-order valence-electron chi connectivity index (χ0n) is 77.2. The summed E-state index contributed by atoms with van der Waals surface area (Å²) in [6, 6.07) is 57.1. The van der Waals surface area contributed by atoms with E-state index in [0.29, 0.717) is 46.3 Å². The summed E-state index contributed by atoms with van der Waals surface area (Å²) < 4.78 is 55.0. The average molecular weight is 1610 g/mol. The van der Waals surface area contributed by atoms with Gasteiger partial charge in [0, 0.05) is 30.3 Å². The predicted molar refractivity (Wildman–Crippen MR) is 506 cm³/mol. The number of pyridine rings is 5. The molecule has 5 heterocycles. The van der Waals surface area contributed by atoms with Gasteiger partial charge < -0.3 is 0 Å². The minimum atomic E-state index is -0.118. The Morgan fingerprint density at radius 2 is 0.542 bits per heavy atom. The first kappa shape index (κ1) is 91.3. The lowest BCUT2D eigenvalue weighted by molar-refractivity contribution is -0.659. The van der Waals surface area contributed by atoms with Crippen LogP contribution in [0, 0.1) is 128 Å². The summed E-state index contributed by atoms with van der Waals surface area (Å²) >= 11 is 0. The van der Waals surface area contributed by atoms with Gasteiger partial charge in [-0.3, -0.25) is 0 Å². The quantitative estimate of drug-likeness (QED) is 0.122. The van der Waals surface area contributed by atoms with Gasteiger partial charge in [0.25, 0.3) is 0 Å². The number of nitrogens with zero attached hydrogens (tertiary/aromatic N) is 5. The van der Waals surface area contributed by atoms with Crippen molar-refractivity contribution in [2.24, 2.45) is 35.2 Å². The van der Waals surface area contributed by atoms with Crippen molar-refractivity contribution in [2.75, 3.05) is 0 Å². The summed E-state index contributed by atoms with van der Waals surface area (Å²) in [6.45, 7) is 55.3. The highest BCUT2D eigenvalue weighted by Gasteiger charge is 2.29. The number of benzene rings is 10. The van der Waals surface area contributed by atoms with E-state index in [2.05, 4.69) is 318 Å². The Morgan fingerprint density at radius 1 is 0.225 bits per heavy atom. The molecule has 8 heteroatoms. The topological polar surface area (TPSA) is 19.4 Å². The molecule has 0 unspecified atom stereocenters. The molecule has 0 aliphatic heterocycles. The van der Waals surface area contributed by atoms with Crippen molar-refractivity contribution in [3.8, 4) is 56.3 Å². The van der Waals surface area contributed by atoms with Crippen LogP contribution in [0.4, 0.5) is 13.2 Å². The second-order valence-electron chi connectivity index (χ2n) is 35.8. The zero-order chi connectivity index (χ0) is 87.1. The van der Waals surface area contributed by atoms with E-state index in [1.54, 1.807) is 0 Å². The van der Waals surface area contributed by atoms with Gasteiger partial charge in [-0.15, -0.1) is 0 Å². The van der Waals surface area contributed by atoms with Gasteiger partial charge in [-0.1, -0.05) is 172 Å². The molecule has 0 saturated carbocycles. The van der Waals surface area contributed by atoms with Gasteiger partial charge in [0.15, 0.2) is 31.0 Å². The summed E-state index contributed by atoms with van der Waals surface area (Å²) in [5.74, 6) is 2.21. The summed E-state index contributed by atoms with van der Waals surface area (Å²) in [7, 11) is 10.3. The third kappa shape index (κ3) is 18.7. The molecule has 0 N–H and O–H groups in total. The number of halogens is 3. The third-order valence-corrected chi connectivity index (χ3v) is 25.2. The van der Waals surface area contributed by atoms with Crippen LogP contribution in [0.5, 0.6) is 0 Å². The molecule has 0 aliphatic rings. The van der Waals surface area contributed by atoms with Crippen molar-refractivity contribution in [1.29, 1.82) is 0 Å². The Morgan fingerprint density at radius 3 is 0.958 bits per heavy atom. The number of aromatic nitrogens is 5. The van der Waals surface area contributed by atoms with E-state index in [0.717, 1.165) is 88.7 Å². The molecule has 15 rings (SSSR count). The number of aryl methyl sites for hydroxylation is 15. The molecule has 0 radical (unpaired) electrons. The van der Waals surface area contributed by atoms with E-state index in [-0.39, 0.29) is 24.9 Å². The highest BCUT2D eigenvalue weighted by molar-refractivity contribution is 5.99. The summed E-state index contributed by atoms with van der Waals surface area (Å²) in [5.41, 5.74) is 35.3. The highest BCUT2D eigenvalue weighted by atomic mass is 19.1. The van der Waals surface area contributed by atoms with Gasteiger partial charge in [-0.2, -0.15) is 0 Å². The Balaban J connectivity index is 0.000000157. The molecule has 0 spiro atoms. The van der Waals surface area contributed by atoms with E-state index in [1.165, 1.54) is 122 Å². The molecular formula is C112H133F3N5+5. The number of rotatable bonds is 10. The van der Waals surface area contributed by atoms with E-state index in [1.807, 2.05) is 109 Å². The van der Waals surface area contributed by atoms with Crippen molar-refractivity contribution >= 4 is 53.9 Å². The number of fused-ring (bicyclic) bond motifs is 5. The highest BCUT2D eigenvalue weighted by Crippen LogP contribution is 2.41. The molecule has 10 aromatic carbocycles. The third-order valence-electron chi connectivity index (χ3n) is 25.2. The van der Waals surface area contributed by atoms with Crippen molar-refractivity contribution in [3.05, 3.63) is 323 Å². The van der Waals surface area contributed by atoms with E-state index < -0.39 is 0 Å². The summed E-state index contributed by atoms with van der Waals surface area (Å²) in [4.78, 5) is 0. The fourth-order valence-corrected chi connectivity index (χ4v) is 17.3. The van der Waals surface area contributed by atoms with Crippen LogP contribution in [0.25, 0.3) is 110 Å². The predicted octanol–water partition coefficient (Wildman–Crippen LogP) is 28.3. The first-order chi connectivity index (χ1) is 56.1. The van der Waals surface area contributed by atoms with Crippen LogP contribution in [0.1, 0.15) is 223 Å². The second-order valence-corrected chi connectivity index (χ2v) is 35.8. The Kier molecular flexibility index (Phi) is 28.4. The summed E-state index contributed by atoms with van der Waals surface area (Å²) in [5, 5.41) is 12.3. The monoisotopic (exact) mass is 1610 g/mol. The van der Waals surface area contributed by atoms with Crippen molar-refractivity contribution in [2.45, 2.75) is 217 Å². The molecule has 0 aliphatic carbocycles. The zero-order valence-corrected chi connectivity index (χ0v) is 77.2. The molecule has 622 valence electrons. The van der Waals surface area contributed by atoms with Gasteiger partial charge in [-0.05, 0) is 316 Å². The van der Waals surface area contributed by atoms with E-state index >= 15 is 4.39 Å². The molecule has 0 fully saturated rings.